The SMILES string of the molecule is Cc1cccc2cc(C(N)c3ccc(F)c(Cl)c3)oc12. The summed E-state index contributed by atoms with van der Waals surface area (Å²) in [4.78, 5) is 0. The van der Waals surface area contributed by atoms with Crippen LogP contribution in [0.1, 0.15) is 22.9 Å². The van der Waals surface area contributed by atoms with Gasteiger partial charge in [0.25, 0.3) is 0 Å². The molecule has 3 aromatic rings. The van der Waals surface area contributed by atoms with Gasteiger partial charge >= 0.3 is 0 Å². The highest BCUT2D eigenvalue weighted by Crippen LogP contribution is 2.29. The lowest BCUT2D eigenvalue weighted by Gasteiger charge is -2.09. The third-order valence-electron chi connectivity index (χ3n) is 3.37. The molecule has 0 aliphatic carbocycles. The lowest BCUT2D eigenvalue weighted by Crippen LogP contribution is -2.10. The summed E-state index contributed by atoms with van der Waals surface area (Å²) in [5.41, 5.74) is 8.77. The number of hydrogen-bond acceptors (Lipinski definition) is 2. The van der Waals surface area contributed by atoms with Crippen LogP contribution in [0, 0.1) is 12.7 Å². The summed E-state index contributed by atoms with van der Waals surface area (Å²) >= 11 is 5.79. The lowest BCUT2D eigenvalue weighted by atomic mass is 10.1. The summed E-state index contributed by atoms with van der Waals surface area (Å²) in [6, 6.07) is 11.8. The van der Waals surface area contributed by atoms with Crippen molar-refractivity contribution >= 4 is 22.6 Å². The number of rotatable bonds is 2. The largest absolute Gasteiger partial charge is 0.459 e. The molecular formula is C16H13ClFNO. The molecule has 0 aliphatic heterocycles. The van der Waals surface area contributed by atoms with Gasteiger partial charge in [0.15, 0.2) is 0 Å². The van der Waals surface area contributed by atoms with E-state index >= 15 is 0 Å². The maximum absolute atomic E-state index is 13.2. The van der Waals surface area contributed by atoms with Gasteiger partial charge in [-0.15, -0.1) is 0 Å². The number of nitrogens with two attached hydrogens (primary N) is 1. The Hall–Kier alpha value is -1.84. The molecule has 0 fully saturated rings. The van der Waals surface area contributed by atoms with Crippen LogP contribution in [0.5, 0.6) is 0 Å². The van der Waals surface area contributed by atoms with E-state index in [1.54, 1.807) is 6.07 Å². The van der Waals surface area contributed by atoms with Crippen molar-refractivity contribution < 1.29 is 8.81 Å². The molecule has 0 saturated heterocycles. The molecule has 0 spiro atoms. The topological polar surface area (TPSA) is 39.2 Å². The first kappa shape index (κ1) is 13.2. The first-order valence-electron chi connectivity index (χ1n) is 6.26. The maximum atomic E-state index is 13.2. The van der Waals surface area contributed by atoms with E-state index in [1.165, 1.54) is 12.1 Å². The number of para-hydroxylation sites is 1. The van der Waals surface area contributed by atoms with Crippen molar-refractivity contribution in [2.45, 2.75) is 13.0 Å². The highest BCUT2D eigenvalue weighted by Gasteiger charge is 2.16. The third-order valence-corrected chi connectivity index (χ3v) is 3.66. The molecule has 0 radical (unpaired) electrons. The Kier molecular flexibility index (Phi) is 3.24. The van der Waals surface area contributed by atoms with Crippen LogP contribution >= 0.6 is 11.6 Å². The number of hydrogen-bond donors (Lipinski definition) is 1. The van der Waals surface area contributed by atoms with Crippen molar-refractivity contribution in [1.82, 2.24) is 0 Å². The van der Waals surface area contributed by atoms with E-state index in [0.717, 1.165) is 16.5 Å². The molecule has 1 heterocycles. The van der Waals surface area contributed by atoms with Crippen LogP contribution in [0.3, 0.4) is 0 Å². The molecule has 2 N–H and O–H groups in total. The molecule has 2 nitrogen and oxygen atoms in total. The van der Waals surface area contributed by atoms with Crippen LogP contribution in [-0.2, 0) is 0 Å². The summed E-state index contributed by atoms with van der Waals surface area (Å²) < 4.78 is 19.0. The number of aryl methyl sites for hydroxylation is 1. The standard InChI is InChI=1S/C16H13ClFNO/c1-9-3-2-4-11-8-14(20-16(9)11)15(19)10-5-6-13(18)12(17)7-10/h2-8,15H,19H2,1H3. The van der Waals surface area contributed by atoms with Crippen molar-refractivity contribution in [3.05, 3.63) is 70.2 Å². The second-order valence-electron chi connectivity index (χ2n) is 4.79. The minimum Gasteiger partial charge on any atom is -0.459 e. The van der Waals surface area contributed by atoms with Crippen LogP contribution < -0.4 is 5.73 Å². The fraction of sp³-hybridized carbons (Fsp3) is 0.125. The highest BCUT2D eigenvalue weighted by molar-refractivity contribution is 6.30. The molecule has 1 unspecified atom stereocenters. The number of halogens is 2. The quantitative estimate of drug-likeness (QED) is 0.750. The Balaban J connectivity index is 2.05. The van der Waals surface area contributed by atoms with Gasteiger partial charge < -0.3 is 10.2 Å². The Bertz CT molecular complexity index is 781. The van der Waals surface area contributed by atoms with Gasteiger partial charge in [-0.3, -0.25) is 0 Å². The van der Waals surface area contributed by atoms with Crippen molar-refractivity contribution in [2.24, 2.45) is 5.73 Å². The number of fused-ring (bicyclic) bond motifs is 1. The molecule has 1 aromatic heterocycles. The Morgan fingerprint density at radius 1 is 1.20 bits per heavy atom. The van der Waals surface area contributed by atoms with Gasteiger partial charge in [-0.25, -0.2) is 4.39 Å². The van der Waals surface area contributed by atoms with E-state index in [9.17, 15) is 4.39 Å². The van der Waals surface area contributed by atoms with Crippen LogP contribution in [0.15, 0.2) is 46.9 Å². The zero-order valence-electron chi connectivity index (χ0n) is 10.9. The summed E-state index contributed by atoms with van der Waals surface area (Å²) in [7, 11) is 0. The van der Waals surface area contributed by atoms with Gasteiger partial charge in [0.1, 0.15) is 17.2 Å². The number of benzene rings is 2. The van der Waals surface area contributed by atoms with Gasteiger partial charge in [0.05, 0.1) is 11.1 Å². The molecule has 4 heteroatoms. The molecule has 2 aromatic carbocycles. The van der Waals surface area contributed by atoms with Gasteiger partial charge in [-0.2, -0.15) is 0 Å². The second-order valence-corrected chi connectivity index (χ2v) is 5.20. The average Bonchev–Trinajstić information content (AvgIpc) is 2.86. The van der Waals surface area contributed by atoms with E-state index in [0.29, 0.717) is 11.3 Å². The molecule has 0 saturated carbocycles. The van der Waals surface area contributed by atoms with Crippen LogP contribution in [-0.4, -0.2) is 0 Å². The molecule has 3 rings (SSSR count). The molecule has 0 bridgehead atoms. The molecular weight excluding hydrogens is 277 g/mol. The van der Waals surface area contributed by atoms with Gasteiger partial charge in [0, 0.05) is 5.39 Å². The summed E-state index contributed by atoms with van der Waals surface area (Å²) in [5.74, 6) is 0.181. The normalized spacial score (nSPS) is 12.8. The first-order valence-corrected chi connectivity index (χ1v) is 6.63. The predicted octanol–water partition coefficient (Wildman–Crippen LogP) is 4.58. The van der Waals surface area contributed by atoms with Crippen molar-refractivity contribution in [1.29, 1.82) is 0 Å². The van der Waals surface area contributed by atoms with Crippen LogP contribution in [0.25, 0.3) is 11.0 Å². The van der Waals surface area contributed by atoms with E-state index in [1.807, 2.05) is 31.2 Å². The smallest absolute Gasteiger partial charge is 0.141 e. The van der Waals surface area contributed by atoms with Gasteiger partial charge in [-0.1, -0.05) is 35.9 Å². The molecule has 20 heavy (non-hydrogen) atoms. The van der Waals surface area contributed by atoms with Gasteiger partial charge in [0.2, 0.25) is 0 Å². The lowest BCUT2D eigenvalue weighted by molar-refractivity contribution is 0.523. The van der Waals surface area contributed by atoms with Crippen LogP contribution in [0.4, 0.5) is 4.39 Å². The fourth-order valence-corrected chi connectivity index (χ4v) is 2.44. The molecule has 102 valence electrons. The Labute approximate surface area is 121 Å². The predicted molar refractivity (Wildman–Crippen MR) is 78.4 cm³/mol. The Morgan fingerprint density at radius 3 is 2.70 bits per heavy atom. The molecule has 0 amide bonds. The van der Waals surface area contributed by atoms with E-state index < -0.39 is 11.9 Å². The second kappa shape index (κ2) is 4.93. The molecule has 1 atom stereocenters. The van der Waals surface area contributed by atoms with Crippen molar-refractivity contribution in [2.75, 3.05) is 0 Å². The van der Waals surface area contributed by atoms with E-state index in [4.69, 9.17) is 21.8 Å². The van der Waals surface area contributed by atoms with Crippen molar-refractivity contribution in [3.63, 3.8) is 0 Å². The minimum atomic E-state index is -0.472. The number of furan rings is 1. The Morgan fingerprint density at radius 2 is 2.00 bits per heavy atom. The summed E-state index contributed by atoms with van der Waals surface area (Å²) in [6.07, 6.45) is 0. The zero-order valence-corrected chi connectivity index (χ0v) is 11.6. The monoisotopic (exact) mass is 289 g/mol. The summed E-state index contributed by atoms with van der Waals surface area (Å²) in [6.45, 7) is 1.98. The van der Waals surface area contributed by atoms with Crippen molar-refractivity contribution in [3.8, 4) is 0 Å². The zero-order chi connectivity index (χ0) is 14.3. The minimum absolute atomic E-state index is 0.0604. The van der Waals surface area contributed by atoms with Crippen LogP contribution in [0.2, 0.25) is 5.02 Å². The summed E-state index contributed by atoms with van der Waals surface area (Å²) in [5, 5.41) is 1.06. The fourth-order valence-electron chi connectivity index (χ4n) is 2.25. The average molecular weight is 290 g/mol. The maximum Gasteiger partial charge on any atom is 0.141 e. The van der Waals surface area contributed by atoms with E-state index in [-0.39, 0.29) is 5.02 Å². The molecule has 0 aliphatic rings. The third kappa shape index (κ3) is 2.19. The van der Waals surface area contributed by atoms with Gasteiger partial charge in [-0.05, 0) is 36.2 Å². The van der Waals surface area contributed by atoms with E-state index in [2.05, 4.69) is 0 Å². The highest BCUT2D eigenvalue weighted by atomic mass is 35.5. The first-order chi connectivity index (χ1) is 9.56.